The fourth-order valence-corrected chi connectivity index (χ4v) is 7.90. The van der Waals surface area contributed by atoms with Crippen LogP contribution in [0.15, 0.2) is 29.3 Å². The van der Waals surface area contributed by atoms with Gasteiger partial charge in [0.25, 0.3) is 5.96 Å². The Morgan fingerprint density at radius 1 is 1.17 bits per heavy atom. The van der Waals surface area contributed by atoms with Crippen LogP contribution in [0, 0.1) is 39.2 Å². The van der Waals surface area contributed by atoms with Crippen molar-refractivity contribution in [3.8, 4) is 0 Å². The van der Waals surface area contributed by atoms with Crippen molar-refractivity contribution >= 4 is 30.5 Å². The Hall–Kier alpha value is -3.19. The number of Topliss-reactive ketones (excluding diaryl/α,β-unsaturated/α-hetero) is 1. The third kappa shape index (κ3) is 7.85. The number of nitrogens with two attached hydrogens (primary N) is 1. The molecule has 4 N–H and O–H groups in total. The highest BCUT2D eigenvalue weighted by molar-refractivity contribution is 6.47. The Morgan fingerprint density at radius 3 is 2.43 bits per heavy atom. The first-order chi connectivity index (χ1) is 21.7. The van der Waals surface area contributed by atoms with Gasteiger partial charge in [-0.25, -0.2) is 15.1 Å². The van der Waals surface area contributed by atoms with Crippen LogP contribution in [0.2, 0.25) is 0 Å². The molecule has 2 bridgehead atoms. The number of amides is 1. The number of guanidine groups is 1. The number of anilines is 1. The van der Waals surface area contributed by atoms with Crippen molar-refractivity contribution in [1.29, 1.82) is 0 Å². The van der Waals surface area contributed by atoms with Gasteiger partial charge in [0.2, 0.25) is 5.91 Å². The zero-order chi connectivity index (χ0) is 33.8. The summed E-state index contributed by atoms with van der Waals surface area (Å²) in [5.41, 5.74) is 8.78. The molecule has 0 radical (unpaired) electrons. The second-order valence-electron chi connectivity index (χ2n) is 14.4. The Kier molecular flexibility index (Phi) is 11.4. The third-order valence-corrected chi connectivity index (χ3v) is 10.7. The zero-order valence-electron chi connectivity index (χ0n) is 28.6. The van der Waals surface area contributed by atoms with Crippen LogP contribution in [-0.2, 0) is 14.1 Å². The predicted molar refractivity (Wildman–Crippen MR) is 180 cm³/mol. The summed E-state index contributed by atoms with van der Waals surface area (Å²) in [6.07, 6.45) is 3.53. The standard InChI is InChI=1S/C33H53BN6O6/c1-8-39(9-2)25-14-12-22(13-15-25)26(41)18-23(11-10-16-36-31(35)38-40(43)44)30(42)37-29(17-21(3)4)34-45-28-20-24-19-27(32(24,5)6)33(28,7)46-34/h12-15,21,23-24,27-29H,8-11,16-20H2,1-7H3,(H,37,42)(H3,35,36,38)/t23-,24-,27-,28-,29+,33+/m1/s1. The summed E-state index contributed by atoms with van der Waals surface area (Å²) in [4.78, 5) is 44.3. The van der Waals surface area contributed by atoms with Gasteiger partial charge in [-0.3, -0.25) is 9.59 Å². The van der Waals surface area contributed by atoms with Gasteiger partial charge in [-0.05, 0) is 100 Å². The van der Waals surface area contributed by atoms with E-state index < -0.39 is 23.7 Å². The molecule has 5 rings (SSSR count). The molecule has 1 heterocycles. The monoisotopic (exact) mass is 640 g/mol. The van der Waals surface area contributed by atoms with Crippen molar-refractivity contribution in [3.63, 3.8) is 0 Å². The number of carbonyl (C=O) groups excluding carboxylic acids is 2. The molecule has 254 valence electrons. The van der Waals surface area contributed by atoms with Crippen LogP contribution in [0.4, 0.5) is 5.69 Å². The maximum absolute atomic E-state index is 14.0. The van der Waals surface area contributed by atoms with Gasteiger partial charge >= 0.3 is 7.12 Å². The first-order valence-corrected chi connectivity index (χ1v) is 16.9. The number of hydrazine groups is 1. The van der Waals surface area contributed by atoms with Gasteiger partial charge in [-0.2, -0.15) is 0 Å². The number of nitro groups is 1. The van der Waals surface area contributed by atoms with E-state index in [1.165, 1.54) is 0 Å². The van der Waals surface area contributed by atoms with Gasteiger partial charge in [0.05, 0.1) is 17.6 Å². The normalized spacial score (nSPS) is 26.1. The molecule has 3 aliphatic carbocycles. The SMILES string of the molecule is CCN(CC)c1ccc(C(=O)C[C@@H](CCCN=C(N)N[N+](=O)[O-])C(=O)N[C@@H](CC(C)C)B2O[C@@H]3C[C@H]4C[C@H](C4(C)C)[C@]3(C)O2)cc1. The molecule has 1 aromatic rings. The maximum atomic E-state index is 14.0. The minimum atomic E-state index is -0.776. The van der Waals surface area contributed by atoms with Crippen LogP contribution in [0.1, 0.15) is 97.3 Å². The molecule has 12 nitrogen and oxygen atoms in total. The van der Waals surface area contributed by atoms with Crippen LogP contribution in [0.25, 0.3) is 0 Å². The molecule has 3 saturated carbocycles. The number of aliphatic imine (C=N–C) groups is 1. The summed E-state index contributed by atoms with van der Waals surface area (Å²) in [7, 11) is -0.571. The molecule has 46 heavy (non-hydrogen) atoms. The van der Waals surface area contributed by atoms with Crippen molar-refractivity contribution in [2.75, 3.05) is 24.5 Å². The topological polar surface area (TPSA) is 161 Å². The molecule has 4 fully saturated rings. The number of nitrogens with one attached hydrogen (secondary N) is 2. The highest BCUT2D eigenvalue weighted by Gasteiger charge is 2.68. The van der Waals surface area contributed by atoms with E-state index in [1.54, 1.807) is 0 Å². The van der Waals surface area contributed by atoms with Crippen LogP contribution in [0.5, 0.6) is 0 Å². The summed E-state index contributed by atoms with van der Waals surface area (Å²) in [6.45, 7) is 17.1. The number of nitrogens with zero attached hydrogens (tertiary/aromatic N) is 3. The number of rotatable bonds is 16. The fraction of sp³-hybridized carbons (Fsp3) is 0.727. The average Bonchev–Trinajstić information content (AvgIpc) is 3.36. The Morgan fingerprint density at radius 2 is 1.85 bits per heavy atom. The molecule has 0 spiro atoms. The molecule has 4 aliphatic rings. The molecule has 1 amide bonds. The lowest BCUT2D eigenvalue weighted by Crippen LogP contribution is -2.65. The van der Waals surface area contributed by atoms with E-state index in [4.69, 9.17) is 15.0 Å². The van der Waals surface area contributed by atoms with Crippen molar-refractivity contribution < 1.29 is 23.9 Å². The van der Waals surface area contributed by atoms with Gasteiger partial charge in [0.15, 0.2) is 10.8 Å². The molecule has 0 aromatic heterocycles. The van der Waals surface area contributed by atoms with E-state index in [1.807, 2.05) is 29.7 Å². The number of benzene rings is 1. The van der Waals surface area contributed by atoms with Crippen molar-refractivity contribution in [2.45, 2.75) is 105 Å². The number of hydrogen-bond acceptors (Lipinski definition) is 8. The van der Waals surface area contributed by atoms with Crippen LogP contribution < -0.4 is 21.4 Å². The smallest absolute Gasteiger partial charge is 0.404 e. The van der Waals surface area contributed by atoms with Gasteiger partial charge in [-0.15, -0.1) is 0 Å². The van der Waals surface area contributed by atoms with E-state index in [0.29, 0.717) is 36.7 Å². The van der Waals surface area contributed by atoms with Gasteiger partial charge < -0.3 is 25.3 Å². The molecule has 1 aliphatic heterocycles. The molecule has 1 saturated heterocycles. The molecular weight excluding hydrogens is 587 g/mol. The summed E-state index contributed by atoms with van der Waals surface area (Å²) in [6, 6.07) is 7.51. The van der Waals surface area contributed by atoms with E-state index >= 15 is 0 Å². The summed E-state index contributed by atoms with van der Waals surface area (Å²) in [5.74, 6) is -0.401. The van der Waals surface area contributed by atoms with E-state index in [-0.39, 0.29) is 54.0 Å². The van der Waals surface area contributed by atoms with E-state index in [2.05, 4.69) is 63.7 Å². The summed E-state index contributed by atoms with van der Waals surface area (Å²) in [5, 5.41) is 13.1. The molecule has 13 heteroatoms. The van der Waals surface area contributed by atoms with E-state index in [9.17, 15) is 19.7 Å². The van der Waals surface area contributed by atoms with Gasteiger partial charge in [-0.1, -0.05) is 33.1 Å². The lowest BCUT2D eigenvalue weighted by molar-refractivity contribution is -0.525. The first kappa shape index (κ1) is 35.7. The lowest BCUT2D eigenvalue weighted by Gasteiger charge is -2.64. The third-order valence-electron chi connectivity index (χ3n) is 10.7. The lowest BCUT2D eigenvalue weighted by atomic mass is 9.43. The van der Waals surface area contributed by atoms with Crippen molar-refractivity contribution in [3.05, 3.63) is 39.9 Å². The number of hydrogen-bond donors (Lipinski definition) is 3. The molecule has 6 atom stereocenters. The number of ketones is 1. The van der Waals surface area contributed by atoms with Crippen LogP contribution in [0.3, 0.4) is 0 Å². The highest BCUT2D eigenvalue weighted by Crippen LogP contribution is 2.65. The molecular formula is C33H53BN6O6. The highest BCUT2D eigenvalue weighted by atomic mass is 16.7. The molecule has 1 aromatic carbocycles. The largest absolute Gasteiger partial charge is 0.481 e. The second-order valence-corrected chi connectivity index (χ2v) is 14.4. The van der Waals surface area contributed by atoms with Gasteiger partial charge in [0.1, 0.15) is 0 Å². The maximum Gasteiger partial charge on any atom is 0.481 e. The minimum Gasteiger partial charge on any atom is -0.404 e. The Bertz CT molecular complexity index is 1270. The van der Waals surface area contributed by atoms with Crippen LogP contribution in [-0.4, -0.2) is 67.1 Å². The van der Waals surface area contributed by atoms with E-state index in [0.717, 1.165) is 31.6 Å². The van der Waals surface area contributed by atoms with Gasteiger partial charge in [0, 0.05) is 43.2 Å². The van der Waals surface area contributed by atoms with Crippen LogP contribution >= 0.6 is 0 Å². The fourth-order valence-electron chi connectivity index (χ4n) is 7.90. The van der Waals surface area contributed by atoms with Crippen molar-refractivity contribution in [2.24, 2.45) is 39.8 Å². The minimum absolute atomic E-state index is 0.00591. The average molecular weight is 641 g/mol. The van der Waals surface area contributed by atoms with Crippen molar-refractivity contribution in [1.82, 2.24) is 10.7 Å². The second kappa shape index (κ2) is 14.7. The first-order valence-electron chi connectivity index (χ1n) is 16.9. The molecule has 0 unspecified atom stereocenters. The Labute approximate surface area is 273 Å². The quantitative estimate of drug-likeness (QED) is 0.0453. The Balaban J connectivity index is 1.48. The summed E-state index contributed by atoms with van der Waals surface area (Å²) >= 11 is 0. The zero-order valence-corrected chi connectivity index (χ0v) is 28.6. The summed E-state index contributed by atoms with van der Waals surface area (Å²) < 4.78 is 13.3. The number of carbonyl (C=O) groups is 2. The predicted octanol–water partition coefficient (Wildman–Crippen LogP) is 4.40.